The van der Waals surface area contributed by atoms with Gasteiger partial charge in [-0.3, -0.25) is 9.59 Å². The van der Waals surface area contributed by atoms with Gasteiger partial charge in [-0.25, -0.2) is 0 Å². The molecular formula is C21H27Cl2N5O2S. The van der Waals surface area contributed by atoms with E-state index in [2.05, 4.69) is 27.8 Å². The molecule has 2 amide bonds. The van der Waals surface area contributed by atoms with Gasteiger partial charge in [0.15, 0.2) is 5.16 Å². The Bertz CT molecular complexity index is 936. The molecule has 0 saturated heterocycles. The fourth-order valence-electron chi connectivity index (χ4n) is 3.62. The summed E-state index contributed by atoms with van der Waals surface area (Å²) < 4.78 is 1.85. The van der Waals surface area contributed by atoms with Gasteiger partial charge in [-0.2, -0.15) is 0 Å². The Morgan fingerprint density at radius 2 is 1.97 bits per heavy atom. The quantitative estimate of drug-likeness (QED) is 0.556. The highest BCUT2D eigenvalue weighted by molar-refractivity contribution is 7.99. The van der Waals surface area contributed by atoms with E-state index in [1.807, 2.05) is 11.6 Å². The van der Waals surface area contributed by atoms with Crippen molar-refractivity contribution in [3.8, 4) is 0 Å². The summed E-state index contributed by atoms with van der Waals surface area (Å²) in [5.41, 5.74) is 0.446. The summed E-state index contributed by atoms with van der Waals surface area (Å²) >= 11 is 13.2. The molecule has 10 heteroatoms. The molecule has 1 aromatic carbocycles. The molecule has 0 aliphatic heterocycles. The monoisotopic (exact) mass is 483 g/mol. The van der Waals surface area contributed by atoms with Crippen molar-refractivity contribution >= 4 is 46.8 Å². The van der Waals surface area contributed by atoms with Crippen molar-refractivity contribution in [2.75, 3.05) is 12.3 Å². The highest BCUT2D eigenvalue weighted by atomic mass is 35.5. The van der Waals surface area contributed by atoms with E-state index >= 15 is 0 Å². The standard InChI is InChI=1S/C21H27Cl2N5O2S/c1-13-5-3-4-6-17(13)25-19(29)12-31-21-27-26-18(28(21)2)9-10-24-20(30)14-7-8-15(22)16(23)11-14/h7-8,11,13,17H,3-6,9-10,12H2,1-2H3,(H,24,30)(H,25,29). The number of amides is 2. The van der Waals surface area contributed by atoms with E-state index in [0.29, 0.717) is 45.4 Å². The van der Waals surface area contributed by atoms with Gasteiger partial charge in [0.2, 0.25) is 5.91 Å². The second-order valence-corrected chi connectivity index (χ2v) is 9.57. The topological polar surface area (TPSA) is 88.9 Å². The smallest absolute Gasteiger partial charge is 0.251 e. The molecule has 1 saturated carbocycles. The second-order valence-electron chi connectivity index (χ2n) is 7.82. The molecule has 1 aliphatic rings. The first-order chi connectivity index (χ1) is 14.8. The number of hydrogen-bond acceptors (Lipinski definition) is 5. The Labute approximate surface area is 196 Å². The van der Waals surface area contributed by atoms with Crippen molar-refractivity contribution < 1.29 is 9.59 Å². The largest absolute Gasteiger partial charge is 0.352 e. The second kappa shape index (κ2) is 11.2. The van der Waals surface area contributed by atoms with E-state index in [9.17, 15) is 9.59 Å². The van der Waals surface area contributed by atoms with Gasteiger partial charge >= 0.3 is 0 Å². The predicted molar refractivity (Wildman–Crippen MR) is 124 cm³/mol. The Kier molecular flexibility index (Phi) is 8.63. The number of halogens is 2. The zero-order chi connectivity index (χ0) is 22.4. The molecule has 3 rings (SSSR count). The maximum atomic E-state index is 12.3. The minimum Gasteiger partial charge on any atom is -0.352 e. The first-order valence-electron chi connectivity index (χ1n) is 10.4. The summed E-state index contributed by atoms with van der Waals surface area (Å²) in [4.78, 5) is 24.6. The van der Waals surface area contributed by atoms with Gasteiger partial charge in [0.05, 0.1) is 15.8 Å². The highest BCUT2D eigenvalue weighted by Gasteiger charge is 2.23. The molecule has 7 nitrogen and oxygen atoms in total. The third-order valence-electron chi connectivity index (χ3n) is 5.53. The fraction of sp³-hybridized carbons (Fsp3) is 0.524. The Balaban J connectivity index is 1.44. The Morgan fingerprint density at radius 1 is 1.19 bits per heavy atom. The summed E-state index contributed by atoms with van der Waals surface area (Å²) in [6, 6.07) is 5.03. The summed E-state index contributed by atoms with van der Waals surface area (Å²) in [5, 5.41) is 15.8. The van der Waals surface area contributed by atoms with Crippen LogP contribution in [0.2, 0.25) is 10.0 Å². The summed E-state index contributed by atoms with van der Waals surface area (Å²) in [7, 11) is 1.86. The molecule has 1 aromatic heterocycles. The molecule has 0 spiro atoms. The molecule has 1 fully saturated rings. The van der Waals surface area contributed by atoms with Gasteiger partial charge in [-0.05, 0) is 37.0 Å². The van der Waals surface area contributed by atoms with Gasteiger partial charge in [0, 0.05) is 31.6 Å². The molecule has 0 radical (unpaired) electrons. The van der Waals surface area contributed by atoms with E-state index in [-0.39, 0.29) is 17.9 Å². The first-order valence-corrected chi connectivity index (χ1v) is 12.1. The van der Waals surface area contributed by atoms with Gasteiger partial charge in [0.25, 0.3) is 5.91 Å². The average molecular weight is 484 g/mol. The lowest BCUT2D eigenvalue weighted by atomic mass is 9.86. The molecule has 1 heterocycles. The zero-order valence-corrected chi connectivity index (χ0v) is 20.0. The molecular weight excluding hydrogens is 457 g/mol. The molecule has 0 bridgehead atoms. The molecule has 168 valence electrons. The van der Waals surface area contributed by atoms with Gasteiger partial charge < -0.3 is 15.2 Å². The summed E-state index contributed by atoms with van der Waals surface area (Å²) in [6.45, 7) is 2.60. The van der Waals surface area contributed by atoms with Crippen LogP contribution in [0.3, 0.4) is 0 Å². The maximum Gasteiger partial charge on any atom is 0.251 e. The zero-order valence-electron chi connectivity index (χ0n) is 17.7. The van der Waals surface area contributed by atoms with Crippen molar-refractivity contribution in [3.63, 3.8) is 0 Å². The van der Waals surface area contributed by atoms with Crippen LogP contribution in [-0.4, -0.2) is 44.9 Å². The van der Waals surface area contributed by atoms with E-state index in [1.54, 1.807) is 12.1 Å². The number of hydrogen-bond donors (Lipinski definition) is 2. The molecule has 2 unspecified atom stereocenters. The van der Waals surface area contributed by atoms with Crippen molar-refractivity contribution in [1.82, 2.24) is 25.4 Å². The van der Waals surface area contributed by atoms with E-state index in [1.165, 1.54) is 37.1 Å². The fourth-order valence-corrected chi connectivity index (χ4v) is 4.66. The molecule has 1 aliphatic carbocycles. The van der Waals surface area contributed by atoms with E-state index in [0.717, 1.165) is 12.2 Å². The normalized spacial score (nSPS) is 18.6. The molecule has 2 N–H and O–H groups in total. The van der Waals surface area contributed by atoms with Crippen molar-refractivity contribution in [1.29, 1.82) is 0 Å². The number of nitrogens with one attached hydrogen (secondary N) is 2. The third kappa shape index (κ3) is 6.60. The van der Waals surface area contributed by atoms with Crippen LogP contribution in [0.1, 0.15) is 48.8 Å². The predicted octanol–water partition coefficient (Wildman–Crippen LogP) is 3.88. The number of carbonyl (C=O) groups excluding carboxylic acids is 2. The van der Waals surface area contributed by atoms with Crippen LogP contribution in [0.4, 0.5) is 0 Å². The van der Waals surface area contributed by atoms with Crippen LogP contribution in [-0.2, 0) is 18.3 Å². The Morgan fingerprint density at radius 3 is 2.71 bits per heavy atom. The Hall–Kier alpha value is -1.77. The number of nitrogens with zero attached hydrogens (tertiary/aromatic N) is 3. The van der Waals surface area contributed by atoms with Crippen molar-refractivity contribution in [3.05, 3.63) is 39.6 Å². The molecule has 2 aromatic rings. The first kappa shape index (κ1) is 23.9. The van der Waals surface area contributed by atoms with Gasteiger partial charge in [-0.1, -0.05) is 54.7 Å². The number of rotatable bonds is 8. The lowest BCUT2D eigenvalue weighted by Gasteiger charge is -2.29. The van der Waals surface area contributed by atoms with Crippen LogP contribution in [0, 0.1) is 5.92 Å². The lowest BCUT2D eigenvalue weighted by molar-refractivity contribution is -0.119. The van der Waals surface area contributed by atoms with Gasteiger partial charge in [0.1, 0.15) is 5.82 Å². The van der Waals surface area contributed by atoms with Crippen LogP contribution >= 0.6 is 35.0 Å². The number of thioether (sulfide) groups is 1. The van der Waals surface area contributed by atoms with Crippen LogP contribution in [0.5, 0.6) is 0 Å². The van der Waals surface area contributed by atoms with Gasteiger partial charge in [-0.15, -0.1) is 10.2 Å². The number of aromatic nitrogens is 3. The summed E-state index contributed by atoms with van der Waals surface area (Å²) in [6.07, 6.45) is 5.17. The number of benzene rings is 1. The average Bonchev–Trinajstić information content (AvgIpc) is 3.09. The number of carbonyl (C=O) groups is 2. The highest BCUT2D eigenvalue weighted by Crippen LogP contribution is 2.24. The minimum atomic E-state index is -0.232. The van der Waals surface area contributed by atoms with E-state index in [4.69, 9.17) is 23.2 Å². The minimum absolute atomic E-state index is 0.0298. The lowest BCUT2D eigenvalue weighted by Crippen LogP contribution is -2.41. The van der Waals surface area contributed by atoms with Crippen LogP contribution < -0.4 is 10.6 Å². The van der Waals surface area contributed by atoms with E-state index < -0.39 is 0 Å². The third-order valence-corrected chi connectivity index (χ3v) is 7.29. The van der Waals surface area contributed by atoms with Crippen molar-refractivity contribution in [2.45, 2.75) is 50.2 Å². The maximum absolute atomic E-state index is 12.3. The van der Waals surface area contributed by atoms with Crippen LogP contribution in [0.25, 0.3) is 0 Å². The molecule has 31 heavy (non-hydrogen) atoms. The molecule has 2 atom stereocenters. The summed E-state index contributed by atoms with van der Waals surface area (Å²) in [5.74, 6) is 1.37. The SMILES string of the molecule is CC1CCCCC1NC(=O)CSc1nnc(CCNC(=O)c2ccc(Cl)c(Cl)c2)n1C. The van der Waals surface area contributed by atoms with Crippen LogP contribution in [0.15, 0.2) is 23.4 Å². The van der Waals surface area contributed by atoms with Crippen molar-refractivity contribution in [2.24, 2.45) is 13.0 Å².